The summed E-state index contributed by atoms with van der Waals surface area (Å²) in [6.07, 6.45) is 0. The number of carboxylic acids is 1. The van der Waals surface area contributed by atoms with Crippen LogP contribution in [0.1, 0.15) is 0 Å². The first-order chi connectivity index (χ1) is 4.13. The lowest BCUT2D eigenvalue weighted by atomic mass is 10.7. The second-order valence-corrected chi connectivity index (χ2v) is 2.53. The summed E-state index contributed by atoms with van der Waals surface area (Å²) in [5.41, 5.74) is 0. The molecule has 0 saturated heterocycles. The third-order valence-electron chi connectivity index (χ3n) is 0.484. The van der Waals surface area contributed by atoms with Crippen LogP contribution in [0.3, 0.4) is 0 Å². The van der Waals surface area contributed by atoms with Crippen LogP contribution in [0, 0.1) is 0 Å². The summed E-state index contributed by atoms with van der Waals surface area (Å²) in [5.74, 6) is -0.969. The summed E-state index contributed by atoms with van der Waals surface area (Å²) in [7, 11) is 0. The Morgan fingerprint density at radius 2 is 2.22 bits per heavy atom. The lowest BCUT2D eigenvalue weighted by Gasteiger charge is -1.95. The summed E-state index contributed by atoms with van der Waals surface area (Å²) in [4.78, 5) is 9.81. The van der Waals surface area contributed by atoms with Crippen molar-refractivity contribution < 1.29 is 14.6 Å². The van der Waals surface area contributed by atoms with Gasteiger partial charge in [-0.25, -0.2) is 4.79 Å². The average Bonchev–Trinajstić information content (AvgIpc) is 1.63. The van der Waals surface area contributed by atoms with Crippen molar-refractivity contribution in [2.24, 2.45) is 0 Å². The Morgan fingerprint density at radius 1 is 1.67 bits per heavy atom. The van der Waals surface area contributed by atoms with Gasteiger partial charge in [0.1, 0.15) is 6.61 Å². The average molecular weight is 195 g/mol. The van der Waals surface area contributed by atoms with Gasteiger partial charge in [-0.2, -0.15) is 0 Å². The van der Waals surface area contributed by atoms with Gasteiger partial charge < -0.3 is 9.84 Å². The van der Waals surface area contributed by atoms with E-state index in [1.54, 1.807) is 0 Å². The third-order valence-corrected chi connectivity index (χ3v) is 0.713. The summed E-state index contributed by atoms with van der Waals surface area (Å²) < 4.78 is 5.25. The van der Waals surface area contributed by atoms with E-state index in [1.807, 2.05) is 0 Å². The van der Waals surface area contributed by atoms with Crippen LogP contribution in [0.15, 0.2) is 11.1 Å². The minimum absolute atomic E-state index is 0.242. The molecular formula is C5H7BrO3. The molecule has 0 spiro atoms. The highest BCUT2D eigenvalue weighted by atomic mass is 79.9. The molecule has 9 heavy (non-hydrogen) atoms. The molecule has 1 N–H and O–H groups in total. The molecule has 0 unspecified atom stereocenters. The quantitative estimate of drug-likeness (QED) is 0.727. The molecule has 52 valence electrons. The smallest absolute Gasteiger partial charge is 0.329 e. The van der Waals surface area contributed by atoms with Gasteiger partial charge in [0.25, 0.3) is 0 Å². The summed E-state index contributed by atoms with van der Waals surface area (Å²) in [6, 6.07) is 0. The van der Waals surface area contributed by atoms with Crippen LogP contribution in [-0.2, 0) is 9.53 Å². The van der Waals surface area contributed by atoms with E-state index >= 15 is 0 Å². The first-order valence-corrected chi connectivity index (χ1v) is 3.05. The molecule has 0 aliphatic heterocycles. The number of hydrogen-bond acceptors (Lipinski definition) is 2. The molecule has 0 aromatic heterocycles. The number of halogens is 1. The van der Waals surface area contributed by atoms with E-state index in [0.29, 0.717) is 4.48 Å². The van der Waals surface area contributed by atoms with Gasteiger partial charge in [-0.1, -0.05) is 22.5 Å². The molecule has 0 heterocycles. The van der Waals surface area contributed by atoms with Crippen LogP contribution in [0.25, 0.3) is 0 Å². The Hall–Kier alpha value is -0.350. The molecular weight excluding hydrogens is 188 g/mol. The zero-order valence-corrected chi connectivity index (χ0v) is 6.35. The Bertz CT molecular complexity index is 107. The van der Waals surface area contributed by atoms with Gasteiger partial charge in [0.05, 0.1) is 6.61 Å². The van der Waals surface area contributed by atoms with E-state index in [9.17, 15) is 4.79 Å². The fraction of sp³-hybridized carbons (Fsp3) is 0.400. The maximum absolute atomic E-state index is 9.81. The largest absolute Gasteiger partial charge is 0.480 e. The molecule has 0 saturated carbocycles. The van der Waals surface area contributed by atoms with E-state index < -0.39 is 5.97 Å². The first-order valence-electron chi connectivity index (χ1n) is 2.25. The van der Waals surface area contributed by atoms with Crippen molar-refractivity contribution in [3.8, 4) is 0 Å². The lowest BCUT2D eigenvalue weighted by Crippen LogP contribution is -2.07. The van der Waals surface area contributed by atoms with Crippen molar-refractivity contribution in [3.63, 3.8) is 0 Å². The molecule has 0 aromatic rings. The van der Waals surface area contributed by atoms with Crippen molar-refractivity contribution in [2.45, 2.75) is 0 Å². The fourth-order valence-electron chi connectivity index (χ4n) is 0.249. The predicted octanol–water partition coefficient (Wildman–Crippen LogP) is 0.996. The van der Waals surface area contributed by atoms with Gasteiger partial charge in [-0.05, 0) is 0 Å². The first kappa shape index (κ1) is 8.65. The minimum atomic E-state index is -0.969. The molecule has 0 rings (SSSR count). The van der Waals surface area contributed by atoms with Gasteiger partial charge >= 0.3 is 5.97 Å². The Labute approximate surface area is 61.4 Å². The number of carboxylic acid groups (broad SMARTS) is 1. The Balaban J connectivity index is 3.10. The Kier molecular flexibility index (Phi) is 4.35. The number of aliphatic carboxylic acids is 1. The van der Waals surface area contributed by atoms with E-state index in [-0.39, 0.29) is 13.2 Å². The minimum Gasteiger partial charge on any atom is -0.480 e. The highest BCUT2D eigenvalue weighted by Gasteiger charge is 1.94. The summed E-state index contributed by atoms with van der Waals surface area (Å²) in [6.45, 7) is 3.42. The van der Waals surface area contributed by atoms with Gasteiger partial charge in [0.15, 0.2) is 0 Å². The van der Waals surface area contributed by atoms with Crippen molar-refractivity contribution in [3.05, 3.63) is 11.1 Å². The van der Waals surface area contributed by atoms with E-state index in [2.05, 4.69) is 27.2 Å². The molecule has 3 nitrogen and oxygen atoms in total. The number of rotatable bonds is 4. The van der Waals surface area contributed by atoms with Crippen molar-refractivity contribution in [1.29, 1.82) is 0 Å². The SMILES string of the molecule is C=C(Br)COCC(=O)O. The number of ether oxygens (including phenoxy) is 1. The van der Waals surface area contributed by atoms with Crippen LogP contribution >= 0.6 is 15.9 Å². The second kappa shape index (κ2) is 4.52. The summed E-state index contributed by atoms with van der Waals surface area (Å²) >= 11 is 3.01. The van der Waals surface area contributed by atoms with Gasteiger partial charge in [-0.15, -0.1) is 0 Å². The van der Waals surface area contributed by atoms with Gasteiger partial charge in [0, 0.05) is 4.48 Å². The second-order valence-electron chi connectivity index (χ2n) is 1.40. The molecule has 0 aliphatic carbocycles. The van der Waals surface area contributed by atoms with E-state index in [4.69, 9.17) is 5.11 Å². The monoisotopic (exact) mass is 194 g/mol. The molecule has 0 fully saturated rings. The van der Waals surface area contributed by atoms with Crippen LogP contribution < -0.4 is 0 Å². The molecule has 0 aliphatic rings. The van der Waals surface area contributed by atoms with E-state index in [1.165, 1.54) is 0 Å². The van der Waals surface area contributed by atoms with E-state index in [0.717, 1.165) is 0 Å². The van der Waals surface area contributed by atoms with Crippen molar-refractivity contribution in [2.75, 3.05) is 13.2 Å². The van der Waals surface area contributed by atoms with Gasteiger partial charge in [0.2, 0.25) is 0 Å². The molecule has 0 amide bonds. The highest BCUT2D eigenvalue weighted by molar-refractivity contribution is 9.11. The van der Waals surface area contributed by atoms with Crippen molar-refractivity contribution >= 4 is 21.9 Å². The number of hydrogen-bond donors (Lipinski definition) is 1. The maximum Gasteiger partial charge on any atom is 0.329 e. The molecule has 4 heteroatoms. The third kappa shape index (κ3) is 7.65. The zero-order valence-electron chi connectivity index (χ0n) is 4.76. The van der Waals surface area contributed by atoms with Crippen LogP contribution in [-0.4, -0.2) is 24.3 Å². The lowest BCUT2D eigenvalue weighted by molar-refractivity contribution is -0.141. The van der Waals surface area contributed by atoms with Crippen LogP contribution in [0.4, 0.5) is 0 Å². The standard InChI is InChI=1S/C5H7BrO3/c1-4(6)2-9-3-5(7)8/h1-3H2,(H,7,8). The van der Waals surface area contributed by atoms with Gasteiger partial charge in [-0.3, -0.25) is 0 Å². The fourth-order valence-corrected chi connectivity index (χ4v) is 0.411. The van der Waals surface area contributed by atoms with Crippen LogP contribution in [0.2, 0.25) is 0 Å². The predicted molar refractivity (Wildman–Crippen MR) is 36.5 cm³/mol. The van der Waals surface area contributed by atoms with Crippen molar-refractivity contribution in [1.82, 2.24) is 0 Å². The highest BCUT2D eigenvalue weighted by Crippen LogP contribution is 1.99. The normalized spacial score (nSPS) is 9.00. The number of carbonyl (C=O) groups is 1. The molecule has 0 radical (unpaired) electrons. The van der Waals surface area contributed by atoms with Crippen LogP contribution in [0.5, 0.6) is 0 Å². The summed E-state index contributed by atoms with van der Waals surface area (Å²) in [5, 5.41) is 8.06. The topological polar surface area (TPSA) is 46.5 Å². The molecule has 0 bridgehead atoms. The molecule has 0 aromatic carbocycles. The Morgan fingerprint density at radius 3 is 2.56 bits per heavy atom. The maximum atomic E-state index is 9.81. The molecule has 0 atom stereocenters. The zero-order chi connectivity index (χ0) is 7.28.